The average molecular weight is 203 g/mol. The van der Waals surface area contributed by atoms with Crippen LogP contribution < -0.4 is 5.73 Å². The lowest BCUT2D eigenvalue weighted by Crippen LogP contribution is -1.79. The van der Waals surface area contributed by atoms with E-state index in [4.69, 9.17) is 5.73 Å². The third-order valence-corrected chi connectivity index (χ3v) is 0.800. The minimum Gasteiger partial charge on any atom is -0.399 e. The molecule has 2 N–H and O–H groups in total. The zero-order valence-corrected chi connectivity index (χ0v) is 9.10. The Kier molecular flexibility index (Phi) is 24.5. The third-order valence-electron chi connectivity index (χ3n) is 0.800. The summed E-state index contributed by atoms with van der Waals surface area (Å²) in [5.41, 5.74) is 6.18. The van der Waals surface area contributed by atoms with E-state index in [1.165, 1.54) is 0 Å². The Balaban J connectivity index is -0.000000146. The fourth-order valence-electron chi connectivity index (χ4n) is 0.453. The van der Waals surface area contributed by atoms with Crippen LogP contribution in [0.2, 0.25) is 0 Å². The molecule has 78 valence electrons. The van der Waals surface area contributed by atoms with Crippen molar-refractivity contribution in [2.24, 2.45) is 0 Å². The SMILES string of the molecule is C.CC.COP.Nc1ccccc1. The molecule has 0 aliphatic rings. The number of hydrogen-bond donors (Lipinski definition) is 1. The molecule has 0 radical (unpaired) electrons. The fraction of sp³-hybridized carbons (Fsp3) is 0.400. The second kappa shape index (κ2) is 17.5. The van der Waals surface area contributed by atoms with Crippen molar-refractivity contribution in [3.8, 4) is 0 Å². The zero-order valence-electron chi connectivity index (χ0n) is 7.95. The predicted molar refractivity (Wildman–Crippen MR) is 65.7 cm³/mol. The van der Waals surface area contributed by atoms with Gasteiger partial charge in [-0.15, -0.1) is 0 Å². The van der Waals surface area contributed by atoms with E-state index >= 15 is 0 Å². The van der Waals surface area contributed by atoms with E-state index in [0.717, 1.165) is 5.69 Å². The van der Waals surface area contributed by atoms with Gasteiger partial charge in [0.1, 0.15) is 0 Å². The Morgan fingerprint density at radius 2 is 1.46 bits per heavy atom. The van der Waals surface area contributed by atoms with Gasteiger partial charge in [-0.2, -0.15) is 0 Å². The lowest BCUT2D eigenvalue weighted by Gasteiger charge is -1.83. The van der Waals surface area contributed by atoms with Crippen molar-refractivity contribution in [1.29, 1.82) is 0 Å². The number of anilines is 1. The molecule has 1 atom stereocenters. The Morgan fingerprint density at radius 1 is 1.15 bits per heavy atom. The van der Waals surface area contributed by atoms with Gasteiger partial charge in [-0.1, -0.05) is 39.5 Å². The van der Waals surface area contributed by atoms with Crippen molar-refractivity contribution in [2.75, 3.05) is 12.8 Å². The van der Waals surface area contributed by atoms with E-state index in [1.807, 2.05) is 44.2 Å². The van der Waals surface area contributed by atoms with Gasteiger partial charge in [0.25, 0.3) is 0 Å². The van der Waals surface area contributed by atoms with E-state index in [9.17, 15) is 0 Å². The second-order valence-corrected chi connectivity index (χ2v) is 2.12. The lowest BCUT2D eigenvalue weighted by atomic mass is 10.3. The summed E-state index contributed by atoms with van der Waals surface area (Å²) in [6.45, 7) is 4.00. The summed E-state index contributed by atoms with van der Waals surface area (Å²) in [5.74, 6) is 0. The van der Waals surface area contributed by atoms with E-state index < -0.39 is 0 Å². The van der Waals surface area contributed by atoms with Gasteiger partial charge in [0.15, 0.2) is 0 Å². The average Bonchev–Trinajstić information content (AvgIpc) is 2.11. The van der Waals surface area contributed by atoms with Crippen molar-refractivity contribution in [3.63, 3.8) is 0 Å². The quantitative estimate of drug-likeness (QED) is 0.518. The van der Waals surface area contributed by atoms with Gasteiger partial charge in [-0.05, 0) is 21.6 Å². The Hall–Kier alpha value is -0.590. The molecule has 1 aromatic carbocycles. The van der Waals surface area contributed by atoms with Crippen LogP contribution in [0.4, 0.5) is 5.69 Å². The third kappa shape index (κ3) is 18.4. The lowest BCUT2D eigenvalue weighted by molar-refractivity contribution is 0.488. The fourth-order valence-corrected chi connectivity index (χ4v) is 0.453. The first-order valence-corrected chi connectivity index (χ1v) is 4.31. The molecule has 0 aliphatic carbocycles. The number of para-hydroxylation sites is 1. The van der Waals surface area contributed by atoms with Crippen molar-refractivity contribution >= 4 is 15.2 Å². The van der Waals surface area contributed by atoms with Crippen molar-refractivity contribution in [3.05, 3.63) is 30.3 Å². The van der Waals surface area contributed by atoms with E-state index in [0.29, 0.717) is 0 Å². The highest BCUT2D eigenvalue weighted by Crippen LogP contribution is 1.95. The van der Waals surface area contributed by atoms with Crippen LogP contribution in [0.5, 0.6) is 0 Å². The topological polar surface area (TPSA) is 35.2 Å². The molecule has 0 saturated carbocycles. The molecule has 0 bridgehead atoms. The summed E-state index contributed by atoms with van der Waals surface area (Å²) >= 11 is 0. The maximum atomic E-state index is 5.36. The molecule has 1 aromatic rings. The first kappa shape index (κ1) is 18.2. The standard InChI is InChI=1S/C6H7N.C2H6.CH5OP.CH4/c7-6-4-2-1-3-5-6;1-2;1-2-3;/h1-5H,7H2;1-2H3;3H2,1H3;1H4. The van der Waals surface area contributed by atoms with Crippen LogP contribution in [-0.2, 0) is 4.52 Å². The van der Waals surface area contributed by atoms with E-state index in [-0.39, 0.29) is 7.43 Å². The number of rotatable bonds is 0. The molecule has 0 aromatic heterocycles. The summed E-state index contributed by atoms with van der Waals surface area (Å²) in [5, 5.41) is 0. The normalized spacial score (nSPS) is 6.46. The monoisotopic (exact) mass is 203 g/mol. The van der Waals surface area contributed by atoms with Crippen LogP contribution in [0.15, 0.2) is 30.3 Å². The van der Waals surface area contributed by atoms with E-state index in [2.05, 4.69) is 14.0 Å². The van der Waals surface area contributed by atoms with Crippen LogP contribution in [0.25, 0.3) is 0 Å². The molecular formula is C10H22NOP. The molecule has 0 aliphatic heterocycles. The number of nitrogens with two attached hydrogens (primary N) is 1. The van der Waals surface area contributed by atoms with Gasteiger partial charge in [0, 0.05) is 12.8 Å². The van der Waals surface area contributed by atoms with Gasteiger partial charge < -0.3 is 10.3 Å². The molecule has 13 heavy (non-hydrogen) atoms. The zero-order chi connectivity index (χ0) is 9.82. The first-order valence-electron chi connectivity index (χ1n) is 3.84. The van der Waals surface area contributed by atoms with E-state index in [1.54, 1.807) is 7.11 Å². The first-order chi connectivity index (χ1) is 5.81. The molecule has 0 fully saturated rings. The van der Waals surface area contributed by atoms with Crippen molar-refractivity contribution in [1.82, 2.24) is 0 Å². The Labute approximate surface area is 84.8 Å². The van der Waals surface area contributed by atoms with Crippen LogP contribution in [0.1, 0.15) is 21.3 Å². The van der Waals surface area contributed by atoms with Crippen LogP contribution >= 0.6 is 9.47 Å². The summed E-state index contributed by atoms with van der Waals surface area (Å²) in [4.78, 5) is 0. The number of benzene rings is 1. The highest BCUT2D eigenvalue weighted by Gasteiger charge is 1.72. The highest BCUT2D eigenvalue weighted by atomic mass is 31.0. The van der Waals surface area contributed by atoms with Gasteiger partial charge in [0.05, 0.1) is 0 Å². The minimum absolute atomic E-state index is 0. The summed E-state index contributed by atoms with van der Waals surface area (Å²) in [6.07, 6.45) is 0. The molecule has 2 nitrogen and oxygen atoms in total. The summed E-state index contributed by atoms with van der Waals surface area (Å²) in [6, 6.07) is 9.49. The van der Waals surface area contributed by atoms with Crippen LogP contribution in [-0.4, -0.2) is 7.11 Å². The molecule has 0 amide bonds. The van der Waals surface area contributed by atoms with Gasteiger partial charge >= 0.3 is 0 Å². The smallest absolute Gasteiger partial charge is 0.0391 e. The maximum absolute atomic E-state index is 5.36. The van der Waals surface area contributed by atoms with Crippen LogP contribution in [0.3, 0.4) is 0 Å². The molecular weight excluding hydrogens is 181 g/mol. The summed E-state index contributed by atoms with van der Waals surface area (Å²) in [7, 11) is 3.67. The van der Waals surface area contributed by atoms with Gasteiger partial charge in [0.2, 0.25) is 0 Å². The molecule has 1 rings (SSSR count). The van der Waals surface area contributed by atoms with Crippen molar-refractivity contribution in [2.45, 2.75) is 21.3 Å². The molecule has 0 heterocycles. The predicted octanol–water partition coefficient (Wildman–Crippen LogP) is 3.35. The number of nitrogen functional groups attached to an aromatic ring is 1. The molecule has 3 heteroatoms. The molecule has 0 saturated heterocycles. The second-order valence-electron chi connectivity index (χ2n) is 1.65. The van der Waals surface area contributed by atoms with Gasteiger partial charge in [-0.3, -0.25) is 0 Å². The number of hydrogen-bond acceptors (Lipinski definition) is 2. The molecule has 0 spiro atoms. The minimum atomic E-state index is 0. The highest BCUT2D eigenvalue weighted by molar-refractivity contribution is 7.09. The Bertz CT molecular complexity index is 156. The maximum Gasteiger partial charge on any atom is 0.0391 e. The summed E-state index contributed by atoms with van der Waals surface area (Å²) < 4.78 is 4.17. The largest absolute Gasteiger partial charge is 0.399 e. The van der Waals surface area contributed by atoms with Crippen molar-refractivity contribution < 1.29 is 4.52 Å². The van der Waals surface area contributed by atoms with Crippen LogP contribution in [0, 0.1) is 0 Å². The molecule has 1 unspecified atom stereocenters. The Morgan fingerprint density at radius 3 is 1.62 bits per heavy atom. The van der Waals surface area contributed by atoms with Gasteiger partial charge in [-0.25, -0.2) is 0 Å².